The van der Waals surface area contributed by atoms with Crippen molar-refractivity contribution in [3.63, 3.8) is 0 Å². The van der Waals surface area contributed by atoms with Gasteiger partial charge in [-0.3, -0.25) is 4.79 Å². The van der Waals surface area contributed by atoms with Crippen LogP contribution in [-0.2, 0) is 17.8 Å². The summed E-state index contributed by atoms with van der Waals surface area (Å²) in [6.45, 7) is 2.54. The number of benzene rings is 1. The van der Waals surface area contributed by atoms with Crippen molar-refractivity contribution < 1.29 is 4.79 Å². The van der Waals surface area contributed by atoms with E-state index in [9.17, 15) is 4.79 Å². The fraction of sp³-hybridized carbons (Fsp3) is 0.533. The number of nitrogens with one attached hydrogen (secondary N) is 2. The quantitative estimate of drug-likeness (QED) is 0.770. The Morgan fingerprint density at radius 2 is 2.16 bits per heavy atom. The van der Waals surface area contributed by atoms with E-state index in [1.807, 2.05) is 31.1 Å². The summed E-state index contributed by atoms with van der Waals surface area (Å²) in [5, 5.41) is 6.44. The minimum Gasteiger partial charge on any atom is -0.344 e. The van der Waals surface area contributed by atoms with Gasteiger partial charge in [-0.05, 0) is 37.6 Å². The van der Waals surface area contributed by atoms with E-state index in [1.54, 1.807) is 0 Å². The lowest BCUT2D eigenvalue weighted by Gasteiger charge is -2.29. The molecule has 1 aliphatic heterocycles. The Kier molecular flexibility index (Phi) is 4.93. The van der Waals surface area contributed by atoms with Gasteiger partial charge in [0, 0.05) is 20.1 Å². The summed E-state index contributed by atoms with van der Waals surface area (Å²) in [5.41, 5.74) is 2.60. The van der Waals surface area contributed by atoms with Gasteiger partial charge in [0.25, 0.3) is 0 Å². The van der Waals surface area contributed by atoms with Crippen LogP contribution in [-0.4, -0.2) is 44.0 Å². The van der Waals surface area contributed by atoms with Gasteiger partial charge in [0.1, 0.15) is 0 Å². The molecule has 0 unspecified atom stereocenters. The fourth-order valence-corrected chi connectivity index (χ4v) is 2.50. The van der Waals surface area contributed by atoms with Gasteiger partial charge in [-0.1, -0.05) is 24.3 Å². The molecular formula is C15H23N3O. The first-order valence-corrected chi connectivity index (χ1v) is 6.92. The molecule has 104 valence electrons. The van der Waals surface area contributed by atoms with E-state index in [1.165, 1.54) is 11.1 Å². The maximum atomic E-state index is 12.3. The lowest BCUT2D eigenvalue weighted by atomic mass is 9.95. The Balaban J connectivity index is 1.91. The molecule has 1 aliphatic rings. The molecule has 4 nitrogen and oxygen atoms in total. The predicted octanol–water partition coefficient (Wildman–Crippen LogP) is 0.769. The molecular weight excluding hydrogens is 238 g/mol. The van der Waals surface area contributed by atoms with Gasteiger partial charge in [0.15, 0.2) is 0 Å². The monoisotopic (exact) mass is 261 g/mol. The Hall–Kier alpha value is -1.39. The molecule has 0 fully saturated rings. The summed E-state index contributed by atoms with van der Waals surface area (Å²) >= 11 is 0. The van der Waals surface area contributed by atoms with Crippen molar-refractivity contribution in [1.82, 2.24) is 15.5 Å². The van der Waals surface area contributed by atoms with E-state index < -0.39 is 0 Å². The zero-order chi connectivity index (χ0) is 13.7. The highest BCUT2D eigenvalue weighted by Gasteiger charge is 2.25. The van der Waals surface area contributed by atoms with Crippen LogP contribution in [0.3, 0.4) is 0 Å². The van der Waals surface area contributed by atoms with E-state index >= 15 is 0 Å². The van der Waals surface area contributed by atoms with Crippen molar-refractivity contribution in [2.45, 2.75) is 25.4 Å². The van der Waals surface area contributed by atoms with Crippen LogP contribution in [0, 0.1) is 0 Å². The largest absolute Gasteiger partial charge is 0.344 e. The van der Waals surface area contributed by atoms with E-state index in [2.05, 4.69) is 22.8 Å². The molecule has 0 aromatic heterocycles. The second-order valence-corrected chi connectivity index (χ2v) is 5.12. The molecule has 0 radical (unpaired) electrons. The molecule has 0 bridgehead atoms. The number of likely N-dealkylation sites (N-methyl/N-ethyl adjacent to an activating group) is 1. The second kappa shape index (κ2) is 6.68. The standard InChI is InChI=1S/C15H23N3O/c1-16-8-5-9-18(2)15(19)14-10-12-6-3-4-7-13(12)11-17-14/h3-4,6-7,14,16-17H,5,8-11H2,1-2H3/t14-/m0/s1. The maximum Gasteiger partial charge on any atom is 0.239 e. The van der Waals surface area contributed by atoms with E-state index in [4.69, 9.17) is 0 Å². The molecule has 0 spiro atoms. The van der Waals surface area contributed by atoms with Gasteiger partial charge >= 0.3 is 0 Å². The summed E-state index contributed by atoms with van der Waals surface area (Å²) in [5.74, 6) is 0.200. The van der Waals surface area contributed by atoms with Crippen molar-refractivity contribution in [1.29, 1.82) is 0 Å². The third kappa shape index (κ3) is 3.55. The number of carbonyl (C=O) groups is 1. The highest BCUT2D eigenvalue weighted by atomic mass is 16.2. The van der Waals surface area contributed by atoms with Crippen LogP contribution >= 0.6 is 0 Å². The topological polar surface area (TPSA) is 44.4 Å². The molecule has 2 N–H and O–H groups in total. The van der Waals surface area contributed by atoms with Gasteiger partial charge in [-0.15, -0.1) is 0 Å². The Morgan fingerprint density at radius 1 is 1.42 bits per heavy atom. The van der Waals surface area contributed by atoms with Crippen LogP contribution in [0.2, 0.25) is 0 Å². The molecule has 2 rings (SSSR count). The van der Waals surface area contributed by atoms with Crippen LogP contribution in [0.15, 0.2) is 24.3 Å². The first-order valence-electron chi connectivity index (χ1n) is 6.92. The third-order valence-electron chi connectivity index (χ3n) is 3.68. The van der Waals surface area contributed by atoms with Crippen LogP contribution in [0.1, 0.15) is 17.5 Å². The molecule has 1 aromatic rings. The van der Waals surface area contributed by atoms with Crippen molar-refractivity contribution >= 4 is 5.91 Å². The fourth-order valence-electron chi connectivity index (χ4n) is 2.50. The average molecular weight is 261 g/mol. The number of hydrogen-bond acceptors (Lipinski definition) is 3. The molecule has 1 aromatic carbocycles. The molecule has 19 heavy (non-hydrogen) atoms. The normalized spacial score (nSPS) is 17.9. The van der Waals surface area contributed by atoms with Gasteiger partial charge in [0.05, 0.1) is 6.04 Å². The first-order chi connectivity index (χ1) is 9.22. The van der Waals surface area contributed by atoms with E-state index in [0.717, 1.165) is 32.5 Å². The van der Waals surface area contributed by atoms with Gasteiger partial charge < -0.3 is 15.5 Å². The number of hydrogen-bond donors (Lipinski definition) is 2. The second-order valence-electron chi connectivity index (χ2n) is 5.12. The van der Waals surface area contributed by atoms with E-state index in [0.29, 0.717) is 0 Å². The van der Waals surface area contributed by atoms with Crippen LogP contribution in [0.25, 0.3) is 0 Å². The van der Waals surface area contributed by atoms with E-state index in [-0.39, 0.29) is 11.9 Å². The van der Waals surface area contributed by atoms with Crippen LogP contribution < -0.4 is 10.6 Å². The van der Waals surface area contributed by atoms with Crippen molar-refractivity contribution in [3.05, 3.63) is 35.4 Å². The van der Waals surface area contributed by atoms with Crippen molar-refractivity contribution in [3.8, 4) is 0 Å². The number of rotatable bonds is 5. The summed E-state index contributed by atoms with van der Waals surface area (Å²) in [6, 6.07) is 8.26. The SMILES string of the molecule is CNCCCN(C)C(=O)[C@@H]1Cc2ccccc2CN1. The maximum absolute atomic E-state index is 12.3. The minimum absolute atomic E-state index is 0.0746. The predicted molar refractivity (Wildman–Crippen MR) is 77.0 cm³/mol. The van der Waals surface area contributed by atoms with Crippen LogP contribution in [0.4, 0.5) is 0 Å². The number of fused-ring (bicyclic) bond motifs is 1. The summed E-state index contributed by atoms with van der Waals surface area (Å²) in [6.07, 6.45) is 1.79. The minimum atomic E-state index is -0.0746. The van der Waals surface area contributed by atoms with Crippen molar-refractivity contribution in [2.75, 3.05) is 27.2 Å². The highest BCUT2D eigenvalue weighted by Crippen LogP contribution is 2.17. The Labute approximate surface area is 115 Å². The van der Waals surface area contributed by atoms with Crippen LogP contribution in [0.5, 0.6) is 0 Å². The first kappa shape index (κ1) is 14.0. The molecule has 4 heteroatoms. The smallest absolute Gasteiger partial charge is 0.239 e. The Morgan fingerprint density at radius 3 is 2.89 bits per heavy atom. The Bertz CT molecular complexity index is 433. The van der Waals surface area contributed by atoms with Gasteiger partial charge in [-0.25, -0.2) is 0 Å². The lowest BCUT2D eigenvalue weighted by molar-refractivity contribution is -0.132. The molecule has 1 amide bonds. The molecule has 0 aliphatic carbocycles. The number of carbonyl (C=O) groups excluding carboxylic acids is 1. The zero-order valence-corrected chi connectivity index (χ0v) is 11.8. The number of nitrogens with zero attached hydrogens (tertiary/aromatic N) is 1. The van der Waals surface area contributed by atoms with Gasteiger partial charge in [-0.2, -0.15) is 0 Å². The molecule has 0 saturated heterocycles. The van der Waals surface area contributed by atoms with Crippen molar-refractivity contribution in [2.24, 2.45) is 0 Å². The summed E-state index contributed by atoms with van der Waals surface area (Å²) in [7, 11) is 3.82. The molecule has 1 atom stereocenters. The summed E-state index contributed by atoms with van der Waals surface area (Å²) < 4.78 is 0. The third-order valence-corrected chi connectivity index (χ3v) is 3.68. The molecule has 1 heterocycles. The highest BCUT2D eigenvalue weighted by molar-refractivity contribution is 5.82. The van der Waals surface area contributed by atoms with Gasteiger partial charge in [0.2, 0.25) is 5.91 Å². The summed E-state index contributed by atoms with van der Waals surface area (Å²) in [4.78, 5) is 14.2. The zero-order valence-electron chi connectivity index (χ0n) is 11.8. The average Bonchev–Trinajstić information content (AvgIpc) is 2.46. The molecule has 0 saturated carbocycles. The lowest BCUT2D eigenvalue weighted by Crippen LogP contribution is -2.48. The number of amides is 1.